The zero-order valence-electron chi connectivity index (χ0n) is 9.99. The van der Waals surface area contributed by atoms with Gasteiger partial charge in [-0.3, -0.25) is 11.2 Å². The molecular weight excluding hydrogens is 183 g/mol. The maximum atomic E-state index is 7.10. The minimum atomic E-state index is 0.989. The minimum absolute atomic E-state index is 0.989. The first kappa shape index (κ1) is 13.7. The van der Waals surface area contributed by atoms with Gasteiger partial charge in [0.15, 0.2) is 0 Å². The number of aryl methyl sites for hydroxylation is 1. The van der Waals surface area contributed by atoms with Crippen LogP contribution in [0, 0.1) is 18.2 Å². The number of hydrogen-bond donors (Lipinski definition) is 0. The fourth-order valence-electron chi connectivity index (χ4n) is 1.24. The van der Waals surface area contributed by atoms with E-state index in [9.17, 15) is 0 Å². The average molecular weight is 201 g/mol. The summed E-state index contributed by atoms with van der Waals surface area (Å²) >= 11 is 0. The Bertz CT molecular complexity index is 317. The van der Waals surface area contributed by atoms with Crippen molar-refractivity contribution < 1.29 is 4.48 Å². The molecule has 3 radical (unpaired) electrons. The molecule has 0 saturated carbocycles. The van der Waals surface area contributed by atoms with Crippen LogP contribution in [0.1, 0.15) is 11.1 Å². The lowest BCUT2D eigenvalue weighted by Gasteiger charge is -2.23. The van der Waals surface area contributed by atoms with Crippen molar-refractivity contribution in [2.45, 2.75) is 13.5 Å². The molecule has 2 nitrogen and oxygen atoms in total. The number of hydrogen-bond acceptors (Lipinski definition) is 1. The molecule has 0 saturated heterocycles. The van der Waals surface area contributed by atoms with Crippen molar-refractivity contribution in [3.8, 4) is 5.97 Å². The summed E-state index contributed by atoms with van der Waals surface area (Å²) in [5.74, 6) is 1.25. The lowest BCUT2D eigenvalue weighted by Crippen LogP contribution is -2.33. The normalized spacial score (nSPS) is 9.87. The Labute approximate surface area is 94.1 Å². The van der Waals surface area contributed by atoms with E-state index in [1.165, 1.54) is 17.1 Å². The molecule has 1 aromatic rings. The van der Waals surface area contributed by atoms with Gasteiger partial charge in [0.05, 0.1) is 21.1 Å². The second kappa shape index (κ2) is 6.26. The van der Waals surface area contributed by atoms with E-state index in [0.717, 1.165) is 11.0 Å². The van der Waals surface area contributed by atoms with Gasteiger partial charge in [-0.25, -0.2) is 0 Å². The van der Waals surface area contributed by atoms with Crippen LogP contribution in [-0.2, 0) is 6.54 Å². The summed E-state index contributed by atoms with van der Waals surface area (Å²) in [7, 11) is 10.8. The molecule has 15 heavy (non-hydrogen) atoms. The summed E-state index contributed by atoms with van der Waals surface area (Å²) in [5, 5.41) is 7.10. The van der Waals surface area contributed by atoms with Crippen molar-refractivity contribution in [1.29, 1.82) is 5.26 Å². The van der Waals surface area contributed by atoms with Gasteiger partial charge in [0.2, 0.25) is 0 Å². The summed E-state index contributed by atoms with van der Waals surface area (Å²) in [5.41, 5.74) is 2.74. The number of nitriles is 1. The van der Waals surface area contributed by atoms with Crippen LogP contribution < -0.4 is 0 Å². The Morgan fingerprint density at radius 3 is 1.93 bits per heavy atom. The molecular formula is C12H18BN2. The van der Waals surface area contributed by atoms with Crippen LogP contribution in [0.2, 0.25) is 0 Å². The van der Waals surface area contributed by atoms with Gasteiger partial charge in [0, 0.05) is 5.56 Å². The molecule has 0 N–H and O–H groups in total. The van der Waals surface area contributed by atoms with Gasteiger partial charge in [0.1, 0.15) is 6.54 Å². The van der Waals surface area contributed by atoms with Crippen molar-refractivity contribution in [3.05, 3.63) is 35.4 Å². The second-order valence-corrected chi connectivity index (χ2v) is 4.56. The molecule has 79 valence electrons. The van der Waals surface area contributed by atoms with Crippen molar-refractivity contribution >= 4 is 7.85 Å². The van der Waals surface area contributed by atoms with Gasteiger partial charge in [-0.2, -0.15) is 0 Å². The minimum Gasteiger partial charge on any atom is -0.466 e. The molecule has 3 heteroatoms. The monoisotopic (exact) mass is 201 g/mol. The fourth-order valence-corrected chi connectivity index (χ4v) is 1.24. The van der Waals surface area contributed by atoms with Crippen molar-refractivity contribution in [1.82, 2.24) is 0 Å². The first-order chi connectivity index (χ1) is 6.89. The Morgan fingerprint density at radius 2 is 1.60 bits per heavy atom. The first-order valence-corrected chi connectivity index (χ1v) is 4.85. The first-order valence-electron chi connectivity index (χ1n) is 4.85. The SMILES string of the molecule is Cc1ccc(C[N+](C)(C)C)cc1.[B-]C#N. The molecule has 0 fully saturated rings. The van der Waals surface area contributed by atoms with Crippen molar-refractivity contribution in [3.63, 3.8) is 0 Å². The van der Waals surface area contributed by atoms with E-state index in [1.807, 2.05) is 0 Å². The number of quaternary nitrogens is 1. The topological polar surface area (TPSA) is 23.8 Å². The molecule has 0 aliphatic carbocycles. The van der Waals surface area contributed by atoms with Crippen LogP contribution in [0.5, 0.6) is 0 Å². The third-order valence-electron chi connectivity index (χ3n) is 1.78. The summed E-state index contributed by atoms with van der Waals surface area (Å²) < 4.78 is 0.989. The molecule has 0 unspecified atom stereocenters. The molecule has 0 heterocycles. The van der Waals surface area contributed by atoms with E-state index in [2.05, 4.69) is 60.2 Å². The maximum absolute atomic E-state index is 7.10. The molecule has 1 aromatic carbocycles. The second-order valence-electron chi connectivity index (χ2n) is 4.56. The van der Waals surface area contributed by atoms with Gasteiger partial charge in [-0.15, -0.1) is 0 Å². The van der Waals surface area contributed by atoms with Gasteiger partial charge in [-0.1, -0.05) is 29.8 Å². The zero-order chi connectivity index (χ0) is 11.9. The molecule has 0 spiro atoms. The average Bonchev–Trinajstić information content (AvgIpc) is 2.08. The number of rotatable bonds is 2. The van der Waals surface area contributed by atoms with E-state index in [0.29, 0.717) is 0 Å². The highest BCUT2D eigenvalue weighted by molar-refractivity contribution is 6.20. The van der Waals surface area contributed by atoms with Crippen LogP contribution >= 0.6 is 0 Å². The summed E-state index contributed by atoms with van der Waals surface area (Å²) in [4.78, 5) is 0. The highest BCUT2D eigenvalue weighted by Crippen LogP contribution is 2.07. The zero-order valence-corrected chi connectivity index (χ0v) is 9.99. The van der Waals surface area contributed by atoms with Crippen LogP contribution in [0.15, 0.2) is 24.3 Å². The third-order valence-corrected chi connectivity index (χ3v) is 1.78. The van der Waals surface area contributed by atoms with E-state index in [-0.39, 0.29) is 0 Å². The summed E-state index contributed by atoms with van der Waals surface area (Å²) in [6.07, 6.45) is 0. The number of benzene rings is 1. The van der Waals surface area contributed by atoms with Gasteiger partial charge < -0.3 is 12.3 Å². The molecule has 0 atom stereocenters. The van der Waals surface area contributed by atoms with Gasteiger partial charge in [-0.05, 0) is 6.92 Å². The Morgan fingerprint density at radius 1 is 1.20 bits per heavy atom. The predicted molar refractivity (Wildman–Crippen MR) is 64.3 cm³/mol. The predicted octanol–water partition coefficient (Wildman–Crippen LogP) is 1.84. The van der Waals surface area contributed by atoms with E-state index >= 15 is 0 Å². The quantitative estimate of drug-likeness (QED) is 0.529. The van der Waals surface area contributed by atoms with E-state index in [4.69, 9.17) is 5.26 Å². The van der Waals surface area contributed by atoms with Crippen molar-refractivity contribution in [2.75, 3.05) is 21.1 Å². The van der Waals surface area contributed by atoms with E-state index in [1.54, 1.807) is 0 Å². The van der Waals surface area contributed by atoms with Crippen LogP contribution in [0.25, 0.3) is 0 Å². The Kier molecular flexibility index (Phi) is 5.73. The highest BCUT2D eigenvalue weighted by atomic mass is 15.3. The largest absolute Gasteiger partial charge is 0.466 e. The van der Waals surface area contributed by atoms with Gasteiger partial charge >= 0.3 is 0 Å². The van der Waals surface area contributed by atoms with Crippen LogP contribution in [0.4, 0.5) is 0 Å². The molecule has 1 rings (SSSR count). The number of nitrogens with zero attached hydrogens (tertiary/aromatic N) is 2. The van der Waals surface area contributed by atoms with Gasteiger partial charge in [0.25, 0.3) is 0 Å². The Hall–Kier alpha value is -1.27. The summed E-state index contributed by atoms with van der Waals surface area (Å²) in [6.45, 7) is 3.22. The van der Waals surface area contributed by atoms with Crippen LogP contribution in [-0.4, -0.2) is 33.5 Å². The summed E-state index contributed by atoms with van der Waals surface area (Å²) in [6, 6.07) is 8.76. The van der Waals surface area contributed by atoms with Crippen LogP contribution in [0.3, 0.4) is 0 Å². The molecule has 0 aliphatic heterocycles. The molecule has 0 aliphatic rings. The third kappa shape index (κ3) is 7.78. The Balaban J connectivity index is 0.000000583. The maximum Gasteiger partial charge on any atom is 0.104 e. The van der Waals surface area contributed by atoms with Crippen molar-refractivity contribution in [2.24, 2.45) is 0 Å². The molecule has 0 bridgehead atoms. The molecule has 0 aromatic heterocycles. The lowest BCUT2D eigenvalue weighted by molar-refractivity contribution is -0.884. The smallest absolute Gasteiger partial charge is 0.104 e. The van der Waals surface area contributed by atoms with E-state index < -0.39 is 0 Å². The molecule has 0 amide bonds. The standard InChI is InChI=1S/C11H18N.CBN/c1-10-5-7-11(8-6-10)9-12(2,3)4;2-1-3/h5-8H,9H2,1-4H3;/q+1;-1. The lowest BCUT2D eigenvalue weighted by atomic mass is 10.1. The highest BCUT2D eigenvalue weighted by Gasteiger charge is 2.07. The fraction of sp³-hybridized carbons (Fsp3) is 0.417.